The smallest absolute Gasteiger partial charge is 0.265 e. The molecule has 0 aromatic carbocycles. The molecule has 2 aliphatic rings. The number of likely N-dealkylation sites (tertiary alicyclic amines) is 1. The molecule has 0 aliphatic carbocycles. The van der Waals surface area contributed by atoms with Gasteiger partial charge in [-0.15, -0.1) is 11.3 Å². The van der Waals surface area contributed by atoms with E-state index in [9.17, 15) is 13.2 Å². The summed E-state index contributed by atoms with van der Waals surface area (Å²) in [5.74, 6) is 2.04. The first-order valence-corrected chi connectivity index (χ1v) is 12.0. The number of amides is 1. The minimum atomic E-state index is -3.57. The van der Waals surface area contributed by atoms with Crippen LogP contribution in [-0.4, -0.2) is 61.2 Å². The fraction of sp³-hybridized carbons (Fsp3) is 0.688. The van der Waals surface area contributed by atoms with Crippen molar-refractivity contribution in [3.63, 3.8) is 0 Å². The van der Waals surface area contributed by atoms with Crippen LogP contribution in [0.1, 0.15) is 35.9 Å². The van der Waals surface area contributed by atoms with Crippen LogP contribution >= 0.6 is 23.1 Å². The minimum absolute atomic E-state index is 0.117. The molecule has 1 unspecified atom stereocenters. The molecule has 2 saturated heterocycles. The second-order valence-electron chi connectivity index (χ2n) is 6.30. The van der Waals surface area contributed by atoms with Gasteiger partial charge in [0.2, 0.25) is 10.0 Å². The van der Waals surface area contributed by atoms with Crippen LogP contribution in [0.5, 0.6) is 0 Å². The largest absolute Gasteiger partial charge is 0.338 e. The van der Waals surface area contributed by atoms with Crippen molar-refractivity contribution in [1.82, 2.24) is 9.21 Å². The summed E-state index contributed by atoms with van der Waals surface area (Å²) in [6, 6.07) is 1.59. The molecule has 1 amide bonds. The molecule has 134 valence electrons. The Kier molecular flexibility index (Phi) is 5.89. The highest BCUT2D eigenvalue weighted by Gasteiger charge is 2.33. The number of carbonyl (C=O) groups excluding carboxylic acids is 1. The van der Waals surface area contributed by atoms with Crippen LogP contribution in [0.2, 0.25) is 0 Å². The lowest BCUT2D eigenvalue weighted by Crippen LogP contribution is -2.41. The number of piperidine rings is 1. The molecule has 2 aliphatic heterocycles. The zero-order chi connectivity index (χ0) is 17.2. The van der Waals surface area contributed by atoms with Crippen LogP contribution in [0.4, 0.5) is 0 Å². The first-order chi connectivity index (χ1) is 11.5. The molecule has 5 nitrogen and oxygen atoms in total. The van der Waals surface area contributed by atoms with Crippen molar-refractivity contribution in [3.8, 4) is 0 Å². The molecule has 0 saturated carbocycles. The average molecular weight is 389 g/mol. The molecule has 1 aromatic heterocycles. The lowest BCUT2D eigenvalue weighted by atomic mass is 9.95. The summed E-state index contributed by atoms with van der Waals surface area (Å²) in [6.45, 7) is 4.67. The maximum atomic E-state index is 12.9. The van der Waals surface area contributed by atoms with E-state index in [4.69, 9.17) is 0 Å². The first kappa shape index (κ1) is 18.2. The Morgan fingerprint density at radius 2 is 2.04 bits per heavy atom. The highest BCUT2D eigenvalue weighted by Crippen LogP contribution is 2.30. The van der Waals surface area contributed by atoms with E-state index in [0.29, 0.717) is 23.9 Å². The van der Waals surface area contributed by atoms with E-state index in [0.717, 1.165) is 43.9 Å². The van der Waals surface area contributed by atoms with Gasteiger partial charge >= 0.3 is 0 Å². The Morgan fingerprint density at radius 1 is 1.29 bits per heavy atom. The second kappa shape index (κ2) is 7.76. The Balaban J connectivity index is 1.83. The van der Waals surface area contributed by atoms with Crippen molar-refractivity contribution in [3.05, 3.63) is 16.3 Å². The molecular formula is C16H24N2O3S3. The van der Waals surface area contributed by atoms with Crippen LogP contribution in [0.15, 0.2) is 16.3 Å². The topological polar surface area (TPSA) is 57.7 Å². The molecular weight excluding hydrogens is 364 g/mol. The number of hydrogen-bond acceptors (Lipinski definition) is 5. The summed E-state index contributed by atoms with van der Waals surface area (Å²) in [5.41, 5.74) is 0. The number of rotatable bonds is 4. The number of sulfonamides is 1. The molecule has 3 rings (SSSR count). The summed E-state index contributed by atoms with van der Waals surface area (Å²) in [6.07, 6.45) is 3.22. The first-order valence-electron chi connectivity index (χ1n) is 8.48. The zero-order valence-corrected chi connectivity index (χ0v) is 16.4. The maximum Gasteiger partial charge on any atom is 0.265 e. The van der Waals surface area contributed by atoms with Gasteiger partial charge in [0, 0.05) is 37.7 Å². The monoisotopic (exact) mass is 388 g/mol. The van der Waals surface area contributed by atoms with Crippen LogP contribution in [0.3, 0.4) is 0 Å². The standard InChI is InChI=1S/C16H24N2O3S3/c1-2-13-4-3-6-17(12-13)16(19)15-14(5-9-23-15)24(20,21)18-7-10-22-11-8-18/h5,9,13H,2-4,6-8,10-12H2,1H3. The molecule has 8 heteroatoms. The van der Waals surface area contributed by atoms with Gasteiger partial charge in [-0.25, -0.2) is 8.42 Å². The number of thioether (sulfide) groups is 1. The number of thiophene rings is 1. The fourth-order valence-corrected chi connectivity index (χ4v) is 7.25. The van der Waals surface area contributed by atoms with Crippen molar-refractivity contribution in [1.29, 1.82) is 0 Å². The van der Waals surface area contributed by atoms with Crippen molar-refractivity contribution in [2.75, 3.05) is 37.7 Å². The summed E-state index contributed by atoms with van der Waals surface area (Å²) in [7, 11) is -3.57. The third-order valence-electron chi connectivity index (χ3n) is 4.79. The van der Waals surface area contributed by atoms with Gasteiger partial charge in [-0.1, -0.05) is 13.3 Å². The predicted octanol–water partition coefficient (Wildman–Crippen LogP) is 2.75. The van der Waals surface area contributed by atoms with E-state index >= 15 is 0 Å². The van der Waals surface area contributed by atoms with Gasteiger partial charge in [-0.3, -0.25) is 4.79 Å². The fourth-order valence-electron chi connectivity index (χ4n) is 3.31. The number of carbonyl (C=O) groups is 1. The third kappa shape index (κ3) is 3.66. The van der Waals surface area contributed by atoms with E-state index in [1.807, 2.05) is 4.90 Å². The van der Waals surface area contributed by atoms with Gasteiger partial charge in [0.15, 0.2) is 0 Å². The quantitative estimate of drug-likeness (QED) is 0.796. The van der Waals surface area contributed by atoms with Gasteiger partial charge in [-0.2, -0.15) is 16.1 Å². The van der Waals surface area contributed by atoms with Gasteiger partial charge < -0.3 is 4.90 Å². The second-order valence-corrected chi connectivity index (χ2v) is 10.3. The van der Waals surface area contributed by atoms with Gasteiger partial charge in [0.25, 0.3) is 5.91 Å². The van der Waals surface area contributed by atoms with Crippen LogP contribution < -0.4 is 0 Å². The van der Waals surface area contributed by atoms with E-state index < -0.39 is 10.0 Å². The Morgan fingerprint density at radius 3 is 2.75 bits per heavy atom. The van der Waals surface area contributed by atoms with Crippen LogP contribution in [-0.2, 0) is 10.0 Å². The Hall–Kier alpha value is -0.570. The summed E-state index contributed by atoms with van der Waals surface area (Å²) >= 11 is 3.02. The van der Waals surface area contributed by atoms with Crippen molar-refractivity contribution < 1.29 is 13.2 Å². The van der Waals surface area contributed by atoms with Crippen LogP contribution in [0, 0.1) is 5.92 Å². The maximum absolute atomic E-state index is 12.9. The minimum Gasteiger partial charge on any atom is -0.338 e. The zero-order valence-electron chi connectivity index (χ0n) is 13.9. The summed E-state index contributed by atoms with van der Waals surface area (Å²) < 4.78 is 27.4. The Labute approximate surface area is 152 Å². The highest BCUT2D eigenvalue weighted by molar-refractivity contribution is 7.99. The number of nitrogens with zero attached hydrogens (tertiary/aromatic N) is 2. The lowest BCUT2D eigenvalue weighted by Gasteiger charge is -2.32. The van der Waals surface area contributed by atoms with E-state index in [-0.39, 0.29) is 10.8 Å². The molecule has 24 heavy (non-hydrogen) atoms. The Bertz CT molecular complexity index is 680. The molecule has 2 fully saturated rings. The molecule has 0 radical (unpaired) electrons. The molecule has 0 spiro atoms. The van der Waals surface area contributed by atoms with Crippen LogP contribution in [0.25, 0.3) is 0 Å². The molecule has 3 heterocycles. The molecule has 0 N–H and O–H groups in total. The summed E-state index contributed by atoms with van der Waals surface area (Å²) in [5, 5.41) is 1.72. The lowest BCUT2D eigenvalue weighted by molar-refractivity contribution is 0.0672. The molecule has 0 bridgehead atoms. The van der Waals surface area contributed by atoms with Gasteiger partial charge in [0.05, 0.1) is 0 Å². The SMILES string of the molecule is CCC1CCCN(C(=O)c2sccc2S(=O)(=O)N2CCSCC2)C1. The van der Waals surface area contributed by atoms with Crippen molar-refractivity contribution >= 4 is 39.0 Å². The summed E-state index contributed by atoms with van der Waals surface area (Å²) in [4.78, 5) is 15.3. The van der Waals surface area contributed by atoms with E-state index in [2.05, 4.69) is 6.92 Å². The van der Waals surface area contributed by atoms with E-state index in [1.54, 1.807) is 23.2 Å². The van der Waals surface area contributed by atoms with Gasteiger partial charge in [-0.05, 0) is 30.2 Å². The van der Waals surface area contributed by atoms with Crippen molar-refractivity contribution in [2.45, 2.75) is 31.1 Å². The van der Waals surface area contributed by atoms with E-state index in [1.165, 1.54) is 15.6 Å². The normalized spacial score (nSPS) is 23.4. The predicted molar refractivity (Wildman–Crippen MR) is 99.3 cm³/mol. The van der Waals surface area contributed by atoms with Crippen molar-refractivity contribution in [2.24, 2.45) is 5.92 Å². The third-order valence-corrected chi connectivity index (χ3v) is 8.71. The number of hydrogen-bond donors (Lipinski definition) is 0. The molecule has 1 atom stereocenters. The average Bonchev–Trinajstić information content (AvgIpc) is 3.12. The van der Waals surface area contributed by atoms with Gasteiger partial charge in [0.1, 0.15) is 9.77 Å². The highest BCUT2D eigenvalue weighted by atomic mass is 32.2. The molecule has 1 aromatic rings.